The van der Waals surface area contributed by atoms with E-state index in [2.05, 4.69) is 74.5 Å². The van der Waals surface area contributed by atoms with Crippen molar-refractivity contribution in [1.29, 1.82) is 0 Å². The van der Waals surface area contributed by atoms with Crippen molar-refractivity contribution < 1.29 is 0 Å². The first-order chi connectivity index (χ1) is 14.1. The predicted molar refractivity (Wildman–Crippen MR) is 122 cm³/mol. The van der Waals surface area contributed by atoms with Crippen molar-refractivity contribution in [3.63, 3.8) is 0 Å². The molecule has 1 fully saturated rings. The van der Waals surface area contributed by atoms with Crippen molar-refractivity contribution in [3.05, 3.63) is 82.9 Å². The summed E-state index contributed by atoms with van der Waals surface area (Å²) in [6, 6.07) is 21.9. The first-order valence-corrected chi connectivity index (χ1v) is 10.6. The van der Waals surface area contributed by atoms with E-state index in [0.717, 1.165) is 24.9 Å². The summed E-state index contributed by atoms with van der Waals surface area (Å²) in [6.45, 7) is 5.38. The molecular weight excluding hydrogens is 354 g/mol. The lowest BCUT2D eigenvalue weighted by molar-refractivity contribution is 0.837. The summed E-state index contributed by atoms with van der Waals surface area (Å²) in [5.41, 5.74) is 12.8. The maximum absolute atomic E-state index is 6.37. The van der Waals surface area contributed by atoms with Gasteiger partial charge in [0.2, 0.25) is 0 Å². The zero-order valence-electron chi connectivity index (χ0n) is 17.1. The fourth-order valence-electron chi connectivity index (χ4n) is 4.44. The summed E-state index contributed by atoms with van der Waals surface area (Å²) in [5.74, 6) is 1.57. The molecular formula is C26H27N3. The highest BCUT2D eigenvalue weighted by Gasteiger charge is 2.39. The minimum absolute atomic E-state index is 0.280. The minimum atomic E-state index is 0.280. The number of rotatable bonds is 4. The van der Waals surface area contributed by atoms with Gasteiger partial charge in [-0.2, -0.15) is 0 Å². The molecule has 2 aliphatic rings. The number of amidine groups is 1. The Morgan fingerprint density at radius 1 is 1.03 bits per heavy atom. The molecule has 0 amide bonds. The first-order valence-electron chi connectivity index (χ1n) is 10.6. The average Bonchev–Trinajstić information content (AvgIpc) is 3.51. The summed E-state index contributed by atoms with van der Waals surface area (Å²) >= 11 is 0. The molecule has 146 valence electrons. The van der Waals surface area contributed by atoms with Gasteiger partial charge in [0.15, 0.2) is 0 Å². The van der Waals surface area contributed by atoms with E-state index in [1.807, 2.05) is 0 Å². The Morgan fingerprint density at radius 3 is 2.69 bits per heavy atom. The van der Waals surface area contributed by atoms with Crippen LogP contribution in [-0.2, 0) is 6.42 Å². The molecule has 5 rings (SSSR count). The normalized spacial score (nSPS) is 21.2. The molecule has 1 aliphatic heterocycles. The lowest BCUT2D eigenvalue weighted by Crippen LogP contribution is -2.18. The highest BCUT2D eigenvalue weighted by Crippen LogP contribution is 2.44. The summed E-state index contributed by atoms with van der Waals surface area (Å²) < 4.78 is 0. The van der Waals surface area contributed by atoms with Gasteiger partial charge in [0.1, 0.15) is 5.84 Å². The van der Waals surface area contributed by atoms with E-state index < -0.39 is 0 Å². The molecule has 3 heteroatoms. The van der Waals surface area contributed by atoms with E-state index in [-0.39, 0.29) is 6.04 Å². The fourth-order valence-corrected chi connectivity index (χ4v) is 4.44. The van der Waals surface area contributed by atoms with E-state index in [4.69, 9.17) is 15.7 Å². The van der Waals surface area contributed by atoms with E-state index >= 15 is 0 Å². The van der Waals surface area contributed by atoms with Gasteiger partial charge in [-0.25, -0.2) is 0 Å². The zero-order valence-corrected chi connectivity index (χ0v) is 17.1. The van der Waals surface area contributed by atoms with Gasteiger partial charge < -0.3 is 5.73 Å². The van der Waals surface area contributed by atoms with Gasteiger partial charge in [-0.1, -0.05) is 62.4 Å². The maximum atomic E-state index is 6.37. The molecule has 2 N–H and O–H groups in total. The Bertz CT molecular complexity index is 1140. The van der Waals surface area contributed by atoms with Gasteiger partial charge >= 0.3 is 0 Å². The molecule has 3 aromatic carbocycles. The number of hydrogen-bond acceptors (Lipinski definition) is 2. The number of hydrogen-bond donors (Lipinski definition) is 1. The molecule has 3 nitrogen and oxygen atoms in total. The van der Waals surface area contributed by atoms with E-state index in [1.54, 1.807) is 0 Å². The van der Waals surface area contributed by atoms with Crippen LogP contribution in [0.1, 0.15) is 48.4 Å². The van der Waals surface area contributed by atoms with Gasteiger partial charge in [0, 0.05) is 23.7 Å². The number of aliphatic imine (C=N–C) groups is 2. The molecule has 0 saturated heterocycles. The lowest BCUT2D eigenvalue weighted by atomic mass is 9.89. The fraction of sp³-hybridized carbons (Fsp3) is 0.308. The molecule has 0 bridgehead atoms. The number of nitrogens with zero attached hydrogens (tertiary/aromatic N) is 2. The first kappa shape index (κ1) is 18.1. The SMILES string of the molecule is CC(C)C1=NCCc2ccc([C@H]3C[C@H]3N=C(N)c3ccc4ccccc4c3)cc21. The third-order valence-electron chi connectivity index (χ3n) is 6.16. The summed E-state index contributed by atoms with van der Waals surface area (Å²) in [6.07, 6.45) is 2.12. The molecule has 1 saturated carbocycles. The Morgan fingerprint density at radius 2 is 1.86 bits per heavy atom. The van der Waals surface area contributed by atoms with Crippen LogP contribution in [0.2, 0.25) is 0 Å². The second-order valence-corrected chi connectivity index (χ2v) is 8.57. The second kappa shape index (κ2) is 7.14. The lowest BCUT2D eigenvalue weighted by Gasteiger charge is -2.20. The van der Waals surface area contributed by atoms with E-state index in [0.29, 0.717) is 17.7 Å². The smallest absolute Gasteiger partial charge is 0.125 e. The summed E-state index contributed by atoms with van der Waals surface area (Å²) in [4.78, 5) is 9.65. The van der Waals surface area contributed by atoms with E-state index in [1.165, 1.54) is 33.2 Å². The van der Waals surface area contributed by atoms with Crippen molar-refractivity contribution in [3.8, 4) is 0 Å². The summed E-state index contributed by atoms with van der Waals surface area (Å²) in [7, 11) is 0. The van der Waals surface area contributed by atoms with Gasteiger partial charge in [-0.3, -0.25) is 9.98 Å². The Balaban J connectivity index is 1.38. The Hall–Kier alpha value is -2.94. The minimum Gasteiger partial charge on any atom is -0.383 e. The molecule has 0 spiro atoms. The van der Waals surface area contributed by atoms with Crippen molar-refractivity contribution in [1.82, 2.24) is 0 Å². The van der Waals surface area contributed by atoms with Crippen LogP contribution in [0.25, 0.3) is 10.8 Å². The summed E-state index contributed by atoms with van der Waals surface area (Å²) in [5, 5.41) is 2.43. The Labute approximate surface area is 172 Å². The van der Waals surface area contributed by atoms with Crippen LogP contribution in [0.5, 0.6) is 0 Å². The second-order valence-electron chi connectivity index (χ2n) is 8.57. The van der Waals surface area contributed by atoms with Crippen LogP contribution in [-0.4, -0.2) is 24.1 Å². The molecule has 0 unspecified atom stereocenters. The van der Waals surface area contributed by atoms with Crippen molar-refractivity contribution >= 4 is 22.3 Å². The van der Waals surface area contributed by atoms with Gasteiger partial charge in [-0.15, -0.1) is 0 Å². The standard InChI is InChI=1S/C26H27N3/c1-16(2)25-23-14-20(9-8-18(23)11-12-28-25)22-15-24(22)29-26(27)21-10-7-17-5-3-4-6-19(17)13-21/h3-10,13-14,16,22,24H,11-12,15H2,1-2H3,(H2,27,29)/t22-,24-/m1/s1. The van der Waals surface area contributed by atoms with Crippen LogP contribution in [0, 0.1) is 5.92 Å². The molecule has 3 aromatic rings. The molecule has 1 aliphatic carbocycles. The predicted octanol–water partition coefficient (Wildman–Crippen LogP) is 5.10. The van der Waals surface area contributed by atoms with Crippen LogP contribution in [0.3, 0.4) is 0 Å². The monoisotopic (exact) mass is 381 g/mol. The van der Waals surface area contributed by atoms with Crippen molar-refractivity contribution in [2.24, 2.45) is 21.6 Å². The largest absolute Gasteiger partial charge is 0.383 e. The molecule has 0 radical (unpaired) electrons. The van der Waals surface area contributed by atoms with Crippen LogP contribution >= 0.6 is 0 Å². The van der Waals surface area contributed by atoms with Gasteiger partial charge in [0.25, 0.3) is 0 Å². The van der Waals surface area contributed by atoms with Crippen LogP contribution in [0.15, 0.2) is 70.6 Å². The number of nitrogens with two attached hydrogens (primary N) is 1. The molecule has 29 heavy (non-hydrogen) atoms. The highest BCUT2D eigenvalue weighted by atomic mass is 14.9. The Kier molecular flexibility index (Phi) is 4.46. The topological polar surface area (TPSA) is 50.7 Å². The number of fused-ring (bicyclic) bond motifs is 2. The quantitative estimate of drug-likeness (QED) is 0.496. The van der Waals surface area contributed by atoms with E-state index in [9.17, 15) is 0 Å². The van der Waals surface area contributed by atoms with Crippen LogP contribution < -0.4 is 5.73 Å². The van der Waals surface area contributed by atoms with Crippen molar-refractivity contribution in [2.45, 2.75) is 38.6 Å². The molecule has 1 heterocycles. The number of benzene rings is 3. The van der Waals surface area contributed by atoms with Gasteiger partial charge in [0.05, 0.1) is 6.04 Å². The van der Waals surface area contributed by atoms with Crippen molar-refractivity contribution in [2.75, 3.05) is 6.54 Å². The zero-order chi connectivity index (χ0) is 20.0. The van der Waals surface area contributed by atoms with Gasteiger partial charge in [-0.05, 0) is 58.4 Å². The highest BCUT2D eigenvalue weighted by molar-refractivity contribution is 6.04. The third kappa shape index (κ3) is 3.46. The molecule has 2 atom stereocenters. The third-order valence-corrected chi connectivity index (χ3v) is 6.16. The average molecular weight is 382 g/mol. The maximum Gasteiger partial charge on any atom is 0.125 e. The molecule has 0 aromatic heterocycles. The van der Waals surface area contributed by atoms with Crippen LogP contribution in [0.4, 0.5) is 0 Å².